The summed E-state index contributed by atoms with van der Waals surface area (Å²) in [5.74, 6) is 12.7. The summed E-state index contributed by atoms with van der Waals surface area (Å²) in [7, 11) is 0. The number of nitrogens with zero attached hydrogens (tertiary/aromatic N) is 2. The summed E-state index contributed by atoms with van der Waals surface area (Å²) in [4.78, 5) is 0. The number of hydrogen-bond acceptors (Lipinski definition) is 2. The molecule has 7 aromatic carbocycles. The Balaban J connectivity index is 1.35. The van der Waals surface area contributed by atoms with E-state index in [1.165, 1.54) is 44.5 Å². The molecule has 2 heterocycles. The number of fused-ring (bicyclic) bond motifs is 12. The quantitative estimate of drug-likeness (QED) is 0.144. The van der Waals surface area contributed by atoms with E-state index >= 15 is 0 Å². The van der Waals surface area contributed by atoms with Crippen LogP contribution < -0.4 is 9.47 Å². The van der Waals surface area contributed by atoms with Crippen LogP contribution in [0.25, 0.3) is 88.1 Å². The minimum atomic E-state index is 0.153. The van der Waals surface area contributed by atoms with Crippen LogP contribution in [0.4, 0.5) is 0 Å². The lowest BCUT2D eigenvalue weighted by molar-refractivity contribution is 0.371. The predicted octanol–water partition coefficient (Wildman–Crippen LogP) is 11.7. The van der Waals surface area contributed by atoms with Gasteiger partial charge in [0.25, 0.3) is 0 Å². The molecule has 2 aliphatic carbocycles. The second-order valence-electron chi connectivity index (χ2n) is 15.5. The highest BCUT2D eigenvalue weighted by molar-refractivity contribution is 6.32. The van der Waals surface area contributed by atoms with Crippen molar-refractivity contribution in [1.82, 2.24) is 9.13 Å². The molecule has 11 rings (SSSR count). The Morgan fingerprint density at radius 2 is 0.883 bits per heavy atom. The van der Waals surface area contributed by atoms with Crippen molar-refractivity contribution in [2.75, 3.05) is 13.2 Å². The van der Waals surface area contributed by atoms with E-state index in [4.69, 9.17) is 35.2 Å². The van der Waals surface area contributed by atoms with Crippen molar-refractivity contribution < 1.29 is 9.47 Å². The Morgan fingerprint density at radius 1 is 0.450 bits per heavy atom. The van der Waals surface area contributed by atoms with Gasteiger partial charge >= 0.3 is 0 Å². The molecule has 4 nitrogen and oxygen atoms in total. The topological polar surface area (TPSA) is 28.3 Å². The van der Waals surface area contributed by atoms with E-state index in [9.17, 15) is 0 Å². The third-order valence-electron chi connectivity index (χ3n) is 12.4. The molecule has 0 saturated heterocycles. The van der Waals surface area contributed by atoms with Gasteiger partial charge in [0.15, 0.2) is 0 Å². The fraction of sp³-hybridized carbons (Fsp3) is 0.107. The van der Waals surface area contributed by atoms with Gasteiger partial charge in [0.05, 0.1) is 35.2 Å². The highest BCUT2D eigenvalue weighted by atomic mass is 16.5. The third-order valence-corrected chi connectivity index (χ3v) is 12.4. The molecule has 0 spiro atoms. The van der Waals surface area contributed by atoms with Gasteiger partial charge < -0.3 is 18.6 Å². The standard InChI is InChI=1S/C56H36N2O2/c1-5-25-57-49-23-19-41(59-27-7-3)33-47(49)53-52(38-18-22-46-40(32-38)30-36-14-10-12-16-44(36)46)56-54(48-34-42(60-28-8-4)20-24-50(48)58(56)26-6-2)51(55(53)57)37-17-21-45-39(31-37)29-35-13-9-11-15-43(35)45/h1-4,9-24,31-34H,25-30H2. The lowest BCUT2D eigenvalue weighted by Gasteiger charge is -2.18. The molecule has 0 radical (unpaired) electrons. The van der Waals surface area contributed by atoms with E-state index in [2.05, 4.69) is 142 Å². The highest BCUT2D eigenvalue weighted by Gasteiger charge is 2.30. The van der Waals surface area contributed by atoms with Crippen molar-refractivity contribution in [2.24, 2.45) is 0 Å². The predicted molar refractivity (Wildman–Crippen MR) is 246 cm³/mol. The number of hydrogen-bond donors (Lipinski definition) is 0. The molecule has 2 aromatic heterocycles. The minimum Gasteiger partial charge on any atom is -0.481 e. The van der Waals surface area contributed by atoms with Crippen LogP contribution in [0.2, 0.25) is 0 Å². The molecular formula is C56H36N2O2. The van der Waals surface area contributed by atoms with Crippen molar-refractivity contribution in [2.45, 2.75) is 25.9 Å². The maximum Gasteiger partial charge on any atom is 0.148 e. The molecule has 9 aromatic rings. The Bertz CT molecular complexity index is 3260. The number of rotatable bonds is 8. The number of benzene rings is 7. The lowest BCUT2D eigenvalue weighted by Crippen LogP contribution is -2.01. The monoisotopic (exact) mass is 768 g/mol. The molecule has 0 amide bonds. The van der Waals surface area contributed by atoms with Gasteiger partial charge in [0.1, 0.15) is 24.7 Å². The van der Waals surface area contributed by atoms with Crippen LogP contribution in [0.5, 0.6) is 11.5 Å². The molecule has 282 valence electrons. The highest BCUT2D eigenvalue weighted by Crippen LogP contribution is 2.53. The fourth-order valence-corrected chi connectivity index (χ4v) is 10.0. The molecule has 0 saturated carbocycles. The van der Waals surface area contributed by atoms with Gasteiger partial charge in [-0.25, -0.2) is 0 Å². The molecule has 0 atom stereocenters. The SMILES string of the molecule is C#CCOc1ccc2c(c1)c1c(-c3ccc4c(c3)Cc3ccccc3-4)c3c(c(-c4ccc5c(c4)Cc4ccccc4-5)c1n2CC#C)c1cc(OCC#C)ccc1n3CC#C. The minimum absolute atomic E-state index is 0.153. The Kier molecular flexibility index (Phi) is 8.10. The van der Waals surface area contributed by atoms with Crippen LogP contribution in [0.3, 0.4) is 0 Å². The van der Waals surface area contributed by atoms with Crippen LogP contribution >= 0.6 is 0 Å². The molecule has 0 aliphatic heterocycles. The fourth-order valence-electron chi connectivity index (χ4n) is 10.0. The van der Waals surface area contributed by atoms with Crippen molar-refractivity contribution in [3.05, 3.63) is 144 Å². The first-order valence-corrected chi connectivity index (χ1v) is 20.1. The van der Waals surface area contributed by atoms with E-state index in [0.717, 1.165) is 78.7 Å². The van der Waals surface area contributed by atoms with E-state index in [1.54, 1.807) is 0 Å². The van der Waals surface area contributed by atoms with E-state index < -0.39 is 0 Å². The van der Waals surface area contributed by atoms with Gasteiger partial charge in [-0.2, -0.15) is 0 Å². The normalized spacial score (nSPS) is 12.1. The van der Waals surface area contributed by atoms with Crippen molar-refractivity contribution in [1.29, 1.82) is 0 Å². The zero-order chi connectivity index (χ0) is 40.5. The molecule has 0 bridgehead atoms. The molecule has 0 unspecified atom stereocenters. The first kappa shape index (κ1) is 35.2. The van der Waals surface area contributed by atoms with Crippen LogP contribution in [0, 0.1) is 49.4 Å². The van der Waals surface area contributed by atoms with Crippen LogP contribution in [-0.4, -0.2) is 22.3 Å². The summed E-state index contributed by atoms with van der Waals surface area (Å²) in [6.45, 7) is 0.996. The lowest BCUT2D eigenvalue weighted by atomic mass is 9.88. The van der Waals surface area contributed by atoms with Gasteiger partial charge in [-0.15, -0.1) is 25.7 Å². The molecule has 60 heavy (non-hydrogen) atoms. The van der Waals surface area contributed by atoms with Crippen molar-refractivity contribution in [3.63, 3.8) is 0 Å². The van der Waals surface area contributed by atoms with Gasteiger partial charge in [0.2, 0.25) is 0 Å². The van der Waals surface area contributed by atoms with Crippen LogP contribution in [0.15, 0.2) is 121 Å². The second kappa shape index (κ2) is 13.8. The molecule has 0 fully saturated rings. The largest absolute Gasteiger partial charge is 0.481 e. The molecule has 4 heteroatoms. The van der Waals surface area contributed by atoms with Crippen LogP contribution in [0.1, 0.15) is 22.3 Å². The maximum atomic E-state index is 6.30. The second-order valence-corrected chi connectivity index (χ2v) is 15.5. The third kappa shape index (κ3) is 5.19. The zero-order valence-electron chi connectivity index (χ0n) is 32.8. The van der Waals surface area contributed by atoms with E-state index in [0.29, 0.717) is 24.6 Å². The summed E-state index contributed by atoms with van der Waals surface area (Å²) in [5, 5.41) is 4.16. The average Bonchev–Trinajstić information content (AvgIpc) is 4.02. The first-order chi connectivity index (χ1) is 29.6. The number of ether oxygens (including phenoxy) is 2. The summed E-state index contributed by atoms with van der Waals surface area (Å²) in [6.07, 6.45) is 25.7. The van der Waals surface area contributed by atoms with Crippen molar-refractivity contribution in [3.8, 4) is 105 Å². The summed E-state index contributed by atoms with van der Waals surface area (Å²) in [6, 6.07) is 43.6. The van der Waals surface area contributed by atoms with Gasteiger partial charge in [-0.1, -0.05) is 109 Å². The smallest absolute Gasteiger partial charge is 0.148 e. The average molecular weight is 769 g/mol. The molecule has 2 aliphatic rings. The van der Waals surface area contributed by atoms with Gasteiger partial charge in [0, 0.05) is 32.7 Å². The van der Waals surface area contributed by atoms with E-state index in [-0.39, 0.29) is 13.2 Å². The summed E-state index contributed by atoms with van der Waals surface area (Å²) < 4.78 is 16.8. The Labute approximate surface area is 349 Å². The first-order valence-electron chi connectivity index (χ1n) is 20.1. The Hall–Kier alpha value is -8.02. The van der Waals surface area contributed by atoms with Gasteiger partial charge in [-0.3, -0.25) is 0 Å². The van der Waals surface area contributed by atoms with Crippen LogP contribution in [-0.2, 0) is 25.9 Å². The summed E-state index contributed by atoms with van der Waals surface area (Å²) in [5.41, 5.74) is 18.7. The Morgan fingerprint density at radius 3 is 1.32 bits per heavy atom. The number of aromatic nitrogens is 2. The molecule has 0 N–H and O–H groups in total. The zero-order valence-corrected chi connectivity index (χ0v) is 32.8. The number of terminal acetylenes is 4. The van der Waals surface area contributed by atoms with Gasteiger partial charge in [-0.05, 0) is 105 Å². The molecular weight excluding hydrogens is 733 g/mol. The van der Waals surface area contributed by atoms with E-state index in [1.807, 2.05) is 12.1 Å². The maximum absolute atomic E-state index is 6.30. The van der Waals surface area contributed by atoms with Crippen molar-refractivity contribution >= 4 is 43.6 Å². The summed E-state index contributed by atoms with van der Waals surface area (Å²) >= 11 is 0.